The Hall–Kier alpha value is -1.19. The molecule has 0 rings (SSSR count). The van der Waals surface area contributed by atoms with Crippen LogP contribution in [-0.4, -0.2) is 18.0 Å². The van der Waals surface area contributed by atoms with Gasteiger partial charge in [-0.15, -0.1) is 0 Å². The fraction of sp³-hybridized carbons (Fsp3) is 0.833. The lowest BCUT2D eigenvalue weighted by Gasteiger charge is -2.00. The Bertz CT molecular complexity index is 314. The van der Waals surface area contributed by atoms with Crippen molar-refractivity contribution >= 4 is 18.0 Å². The van der Waals surface area contributed by atoms with Crippen molar-refractivity contribution in [2.45, 2.75) is 96.8 Å². The van der Waals surface area contributed by atoms with Crippen LogP contribution in [0.2, 0.25) is 0 Å². The lowest BCUT2D eigenvalue weighted by molar-refractivity contribution is -0.119. The summed E-state index contributed by atoms with van der Waals surface area (Å²) in [6, 6.07) is 0. The quantitative estimate of drug-likeness (QED) is 0.356. The van der Waals surface area contributed by atoms with Gasteiger partial charge < -0.3 is 5.73 Å². The third-order valence-electron chi connectivity index (χ3n) is 3.74. The summed E-state index contributed by atoms with van der Waals surface area (Å²) in [6.45, 7) is 2.24. The van der Waals surface area contributed by atoms with Crippen molar-refractivity contribution in [3.63, 3.8) is 0 Å². The van der Waals surface area contributed by atoms with Crippen LogP contribution in [0, 0.1) is 0 Å². The van der Waals surface area contributed by atoms with E-state index in [-0.39, 0.29) is 11.8 Å². The first-order chi connectivity index (χ1) is 10.7. The maximum atomic E-state index is 11.4. The van der Waals surface area contributed by atoms with Crippen LogP contribution in [0.4, 0.5) is 0 Å². The number of aliphatic imine (C=N–C) groups is 1. The molecule has 0 saturated heterocycles. The average Bonchev–Trinajstić information content (AvgIpc) is 2.49. The highest BCUT2D eigenvalue weighted by molar-refractivity contribution is 5.84. The predicted octanol–water partition coefficient (Wildman–Crippen LogP) is 4.55. The summed E-state index contributed by atoms with van der Waals surface area (Å²) >= 11 is 0. The fourth-order valence-corrected chi connectivity index (χ4v) is 2.35. The van der Waals surface area contributed by atoms with Gasteiger partial charge in [0.2, 0.25) is 11.8 Å². The molecule has 0 fully saturated rings. The standard InChI is InChI=1S/C18H34N2O2/c1-2-3-4-5-6-7-8-9-10-13-16-20-18(22)15-12-11-14-17(19)21/h16H,2-15H2,1H3,(H2,19,21). The average molecular weight is 310 g/mol. The molecular weight excluding hydrogens is 276 g/mol. The van der Waals surface area contributed by atoms with Crippen molar-refractivity contribution in [2.75, 3.05) is 0 Å². The fourth-order valence-electron chi connectivity index (χ4n) is 2.35. The van der Waals surface area contributed by atoms with Crippen LogP contribution in [-0.2, 0) is 9.59 Å². The van der Waals surface area contributed by atoms with Crippen molar-refractivity contribution in [2.24, 2.45) is 10.7 Å². The summed E-state index contributed by atoms with van der Waals surface area (Å²) in [4.78, 5) is 25.9. The summed E-state index contributed by atoms with van der Waals surface area (Å²) in [5.41, 5.74) is 5.03. The zero-order valence-corrected chi connectivity index (χ0v) is 14.3. The van der Waals surface area contributed by atoms with Gasteiger partial charge in [0, 0.05) is 19.1 Å². The monoisotopic (exact) mass is 310 g/mol. The Labute approximate surface area is 136 Å². The first-order valence-electron chi connectivity index (χ1n) is 9.00. The van der Waals surface area contributed by atoms with E-state index < -0.39 is 0 Å². The van der Waals surface area contributed by atoms with Crippen LogP contribution in [0.15, 0.2) is 4.99 Å². The van der Waals surface area contributed by atoms with E-state index in [1.54, 1.807) is 6.21 Å². The van der Waals surface area contributed by atoms with E-state index in [2.05, 4.69) is 11.9 Å². The van der Waals surface area contributed by atoms with Gasteiger partial charge in [0.25, 0.3) is 0 Å². The van der Waals surface area contributed by atoms with Crippen LogP contribution in [0.1, 0.15) is 96.8 Å². The smallest absolute Gasteiger partial charge is 0.245 e. The van der Waals surface area contributed by atoms with E-state index in [9.17, 15) is 9.59 Å². The van der Waals surface area contributed by atoms with Gasteiger partial charge in [-0.1, -0.05) is 58.3 Å². The van der Waals surface area contributed by atoms with Crippen LogP contribution in [0.5, 0.6) is 0 Å². The van der Waals surface area contributed by atoms with Gasteiger partial charge in [-0.2, -0.15) is 0 Å². The molecule has 4 nitrogen and oxygen atoms in total. The van der Waals surface area contributed by atoms with Gasteiger partial charge in [-0.25, -0.2) is 4.99 Å². The minimum atomic E-state index is -0.304. The van der Waals surface area contributed by atoms with Crippen molar-refractivity contribution in [3.05, 3.63) is 0 Å². The minimum absolute atomic E-state index is 0.0830. The second kappa shape index (κ2) is 16.2. The third-order valence-corrected chi connectivity index (χ3v) is 3.74. The highest BCUT2D eigenvalue weighted by Gasteiger charge is 1.99. The molecule has 0 unspecified atom stereocenters. The number of unbranched alkanes of at least 4 members (excludes halogenated alkanes) is 10. The van der Waals surface area contributed by atoms with Crippen molar-refractivity contribution < 1.29 is 9.59 Å². The molecular formula is C18H34N2O2. The molecule has 0 saturated carbocycles. The number of nitrogens with zero attached hydrogens (tertiary/aromatic N) is 1. The summed E-state index contributed by atoms with van der Waals surface area (Å²) in [6.07, 6.45) is 16.5. The second-order valence-corrected chi connectivity index (χ2v) is 6.00. The van der Waals surface area contributed by atoms with E-state index in [4.69, 9.17) is 5.73 Å². The SMILES string of the molecule is CCCCCCCCCCCC=NC(=O)CCCCC(N)=O. The zero-order chi connectivity index (χ0) is 16.5. The highest BCUT2D eigenvalue weighted by Crippen LogP contribution is 2.10. The van der Waals surface area contributed by atoms with Crippen molar-refractivity contribution in [1.82, 2.24) is 0 Å². The molecule has 0 aromatic carbocycles. The number of hydrogen-bond donors (Lipinski definition) is 1. The maximum Gasteiger partial charge on any atom is 0.245 e. The number of nitrogens with two attached hydrogens (primary N) is 1. The van der Waals surface area contributed by atoms with E-state index >= 15 is 0 Å². The summed E-state index contributed by atoms with van der Waals surface area (Å²) in [5, 5.41) is 0. The molecule has 0 bridgehead atoms. The second-order valence-electron chi connectivity index (χ2n) is 6.00. The van der Waals surface area contributed by atoms with Crippen molar-refractivity contribution in [3.8, 4) is 0 Å². The number of amides is 2. The number of rotatable bonds is 15. The molecule has 0 aromatic rings. The van der Waals surface area contributed by atoms with Crippen LogP contribution >= 0.6 is 0 Å². The predicted molar refractivity (Wildman–Crippen MR) is 93.0 cm³/mol. The summed E-state index contributed by atoms with van der Waals surface area (Å²) in [5.74, 6) is -0.387. The molecule has 2 N–H and O–H groups in total. The highest BCUT2D eigenvalue weighted by atomic mass is 16.1. The van der Waals surface area contributed by atoms with Gasteiger partial charge in [-0.3, -0.25) is 9.59 Å². The van der Waals surface area contributed by atoms with Gasteiger partial charge in [0.05, 0.1) is 0 Å². The Morgan fingerprint density at radius 2 is 1.36 bits per heavy atom. The Morgan fingerprint density at radius 3 is 1.95 bits per heavy atom. The molecule has 22 heavy (non-hydrogen) atoms. The molecule has 0 aliphatic carbocycles. The molecule has 4 heteroatoms. The Morgan fingerprint density at radius 1 is 0.818 bits per heavy atom. The van der Waals surface area contributed by atoms with E-state index in [1.165, 1.54) is 51.4 Å². The molecule has 0 aliphatic heterocycles. The van der Waals surface area contributed by atoms with Gasteiger partial charge >= 0.3 is 0 Å². The molecule has 0 heterocycles. The zero-order valence-electron chi connectivity index (χ0n) is 14.3. The molecule has 0 radical (unpaired) electrons. The number of hydrogen-bond acceptors (Lipinski definition) is 2. The Kier molecular flexibility index (Phi) is 15.3. The van der Waals surface area contributed by atoms with E-state index in [0.29, 0.717) is 25.7 Å². The van der Waals surface area contributed by atoms with Gasteiger partial charge in [0.15, 0.2) is 0 Å². The van der Waals surface area contributed by atoms with Gasteiger partial charge in [0.1, 0.15) is 0 Å². The lowest BCUT2D eigenvalue weighted by Crippen LogP contribution is -2.09. The maximum absolute atomic E-state index is 11.4. The first kappa shape index (κ1) is 20.8. The third kappa shape index (κ3) is 16.9. The topological polar surface area (TPSA) is 72.5 Å². The lowest BCUT2D eigenvalue weighted by atomic mass is 10.1. The summed E-state index contributed by atoms with van der Waals surface area (Å²) in [7, 11) is 0. The van der Waals surface area contributed by atoms with Crippen molar-refractivity contribution in [1.29, 1.82) is 0 Å². The molecule has 0 spiro atoms. The largest absolute Gasteiger partial charge is 0.370 e. The minimum Gasteiger partial charge on any atom is -0.370 e. The number of primary amides is 1. The first-order valence-corrected chi connectivity index (χ1v) is 9.00. The van der Waals surface area contributed by atoms with Gasteiger partial charge in [-0.05, 0) is 25.7 Å². The Balaban J connectivity index is 3.28. The number of carbonyl (C=O) groups is 2. The van der Waals surface area contributed by atoms with Crippen LogP contribution in [0.3, 0.4) is 0 Å². The number of carbonyl (C=O) groups excluding carboxylic acids is 2. The van der Waals surface area contributed by atoms with Crippen LogP contribution in [0.25, 0.3) is 0 Å². The molecule has 0 atom stereocenters. The molecule has 0 aromatic heterocycles. The summed E-state index contributed by atoms with van der Waals surface area (Å²) < 4.78 is 0. The molecule has 0 aliphatic rings. The molecule has 2 amide bonds. The van der Waals surface area contributed by atoms with E-state index in [1.807, 2.05) is 0 Å². The normalized spacial score (nSPS) is 11.1. The van der Waals surface area contributed by atoms with E-state index in [0.717, 1.165) is 12.8 Å². The molecule has 128 valence electrons. The van der Waals surface area contributed by atoms with Crippen LogP contribution < -0.4 is 5.73 Å².